The lowest BCUT2D eigenvalue weighted by atomic mass is 9.98. The molecule has 0 aliphatic carbocycles. The lowest BCUT2D eigenvalue weighted by Gasteiger charge is -2.25. The highest BCUT2D eigenvalue weighted by molar-refractivity contribution is 5.99. The Kier molecular flexibility index (Phi) is 4.93. The fourth-order valence-electron chi connectivity index (χ4n) is 4.18. The van der Waals surface area contributed by atoms with Crippen LogP contribution in [-0.4, -0.2) is 24.5 Å². The van der Waals surface area contributed by atoms with Crippen molar-refractivity contribution in [1.29, 1.82) is 0 Å². The molecule has 0 saturated heterocycles. The molecule has 1 aliphatic rings. The minimum absolute atomic E-state index is 0.0538. The predicted octanol–water partition coefficient (Wildman–Crippen LogP) is 4.54. The summed E-state index contributed by atoms with van der Waals surface area (Å²) in [4.78, 5) is 28.5. The number of hydrogen-bond acceptors (Lipinski definition) is 6. The standard InChI is InChI=1S/C25H21NO6/c1-3-30-19-11-10-15(13-20(19)29-2)22-21-23(27)17-8-4-5-9-18(17)32-24(21)25(28)26(22)14-16-7-6-12-31-16/h4-13,22H,3,14H2,1-2H3. The average Bonchev–Trinajstić information content (AvgIpc) is 3.42. The first-order valence-electron chi connectivity index (χ1n) is 10.3. The van der Waals surface area contributed by atoms with Crippen molar-refractivity contribution >= 4 is 16.9 Å². The highest BCUT2D eigenvalue weighted by Gasteiger charge is 2.43. The second kappa shape index (κ2) is 7.92. The second-order valence-electron chi connectivity index (χ2n) is 7.43. The van der Waals surface area contributed by atoms with Crippen LogP contribution in [0.3, 0.4) is 0 Å². The van der Waals surface area contributed by atoms with Gasteiger partial charge < -0.3 is 23.2 Å². The zero-order valence-electron chi connectivity index (χ0n) is 17.7. The molecule has 3 heterocycles. The summed E-state index contributed by atoms with van der Waals surface area (Å²) in [6.45, 7) is 2.56. The third-order valence-electron chi connectivity index (χ3n) is 5.58. The molecular formula is C25H21NO6. The molecule has 7 nitrogen and oxygen atoms in total. The first kappa shape index (κ1) is 19.9. The second-order valence-corrected chi connectivity index (χ2v) is 7.43. The summed E-state index contributed by atoms with van der Waals surface area (Å²) in [6.07, 6.45) is 1.55. The molecule has 2 aromatic heterocycles. The van der Waals surface area contributed by atoms with Crippen LogP contribution in [0.15, 0.2) is 74.5 Å². The number of furan rings is 1. The first-order valence-corrected chi connectivity index (χ1v) is 10.3. The lowest BCUT2D eigenvalue weighted by molar-refractivity contribution is 0.0701. The Labute approximate surface area is 183 Å². The van der Waals surface area contributed by atoms with Gasteiger partial charge in [-0.05, 0) is 48.9 Å². The number of carbonyl (C=O) groups excluding carboxylic acids is 1. The number of para-hydroxylation sites is 1. The summed E-state index contributed by atoms with van der Waals surface area (Å²) in [5.41, 5.74) is 1.18. The van der Waals surface area contributed by atoms with Gasteiger partial charge in [-0.3, -0.25) is 9.59 Å². The van der Waals surface area contributed by atoms with Gasteiger partial charge in [0.1, 0.15) is 11.3 Å². The maximum atomic E-state index is 13.5. The van der Waals surface area contributed by atoms with Gasteiger partial charge in [-0.2, -0.15) is 0 Å². The number of rotatable bonds is 6. The van der Waals surface area contributed by atoms with Gasteiger partial charge >= 0.3 is 0 Å². The summed E-state index contributed by atoms with van der Waals surface area (Å²) in [7, 11) is 1.55. The number of nitrogens with zero attached hydrogens (tertiary/aromatic N) is 1. The minimum atomic E-state index is -0.659. The van der Waals surface area contributed by atoms with E-state index in [1.807, 2.05) is 13.0 Å². The smallest absolute Gasteiger partial charge is 0.291 e. The van der Waals surface area contributed by atoms with E-state index in [1.54, 1.807) is 66.8 Å². The van der Waals surface area contributed by atoms with E-state index in [4.69, 9.17) is 18.3 Å². The minimum Gasteiger partial charge on any atom is -0.493 e. The number of ether oxygens (including phenoxy) is 2. The summed E-state index contributed by atoms with van der Waals surface area (Å²) in [5, 5.41) is 0.432. The number of benzene rings is 2. The molecule has 5 rings (SSSR count). The third kappa shape index (κ3) is 3.13. The molecule has 0 spiro atoms. The summed E-state index contributed by atoms with van der Waals surface area (Å²) in [5.74, 6) is 1.40. The molecule has 1 amide bonds. The molecule has 7 heteroatoms. The molecule has 0 fully saturated rings. The van der Waals surface area contributed by atoms with Gasteiger partial charge in [-0.25, -0.2) is 0 Å². The highest BCUT2D eigenvalue weighted by atomic mass is 16.5. The van der Waals surface area contributed by atoms with Crippen molar-refractivity contribution in [3.63, 3.8) is 0 Å². The van der Waals surface area contributed by atoms with E-state index in [1.165, 1.54) is 0 Å². The summed E-state index contributed by atoms with van der Waals surface area (Å²) in [6, 6.07) is 15.2. The number of amides is 1. The SMILES string of the molecule is CCOc1ccc(C2c3c(oc4ccccc4c3=O)C(=O)N2Cc2ccco2)cc1OC. The van der Waals surface area contributed by atoms with E-state index < -0.39 is 6.04 Å². The van der Waals surface area contributed by atoms with Crippen LogP contribution in [0.2, 0.25) is 0 Å². The molecule has 1 unspecified atom stereocenters. The van der Waals surface area contributed by atoms with Crippen LogP contribution >= 0.6 is 0 Å². The van der Waals surface area contributed by atoms with E-state index in [9.17, 15) is 9.59 Å². The van der Waals surface area contributed by atoms with Crippen molar-refractivity contribution < 1.29 is 23.1 Å². The fourth-order valence-corrected chi connectivity index (χ4v) is 4.18. The Hall–Kier alpha value is -4.00. The predicted molar refractivity (Wildman–Crippen MR) is 117 cm³/mol. The first-order chi connectivity index (χ1) is 15.6. The molecule has 162 valence electrons. The van der Waals surface area contributed by atoms with Crippen LogP contribution in [0.5, 0.6) is 11.5 Å². The van der Waals surface area contributed by atoms with Crippen molar-refractivity contribution in [2.75, 3.05) is 13.7 Å². The van der Waals surface area contributed by atoms with Crippen molar-refractivity contribution in [3.05, 3.63) is 93.7 Å². The summed E-state index contributed by atoms with van der Waals surface area (Å²) >= 11 is 0. The molecule has 4 aromatic rings. The Morgan fingerprint density at radius 3 is 2.62 bits per heavy atom. The van der Waals surface area contributed by atoms with Crippen LogP contribution in [0.1, 0.15) is 40.4 Å². The maximum absolute atomic E-state index is 13.5. The van der Waals surface area contributed by atoms with Crippen molar-refractivity contribution in [3.8, 4) is 11.5 Å². The van der Waals surface area contributed by atoms with E-state index in [0.717, 1.165) is 0 Å². The topological polar surface area (TPSA) is 82.1 Å². The normalized spacial score (nSPS) is 15.2. The van der Waals surface area contributed by atoms with E-state index in [2.05, 4.69) is 0 Å². The molecule has 1 aliphatic heterocycles. The number of hydrogen-bond donors (Lipinski definition) is 0. The largest absolute Gasteiger partial charge is 0.493 e. The van der Waals surface area contributed by atoms with E-state index in [-0.39, 0.29) is 23.6 Å². The highest BCUT2D eigenvalue weighted by Crippen LogP contribution is 2.41. The fraction of sp³-hybridized carbons (Fsp3) is 0.200. The quantitative estimate of drug-likeness (QED) is 0.446. The molecule has 32 heavy (non-hydrogen) atoms. The Bertz CT molecular complexity index is 1350. The van der Waals surface area contributed by atoms with Gasteiger partial charge in [-0.1, -0.05) is 18.2 Å². The molecular weight excluding hydrogens is 410 g/mol. The Morgan fingerprint density at radius 1 is 1.03 bits per heavy atom. The monoisotopic (exact) mass is 431 g/mol. The third-order valence-corrected chi connectivity index (χ3v) is 5.58. The van der Waals surface area contributed by atoms with Gasteiger partial charge in [0.25, 0.3) is 5.91 Å². The van der Waals surface area contributed by atoms with Crippen LogP contribution in [0, 0.1) is 0 Å². The van der Waals surface area contributed by atoms with Crippen LogP contribution < -0.4 is 14.9 Å². The number of carbonyl (C=O) groups is 1. The van der Waals surface area contributed by atoms with Crippen molar-refractivity contribution in [1.82, 2.24) is 4.90 Å². The van der Waals surface area contributed by atoms with Gasteiger partial charge in [0.05, 0.1) is 43.5 Å². The Morgan fingerprint density at radius 2 is 1.88 bits per heavy atom. The Balaban J connectivity index is 1.72. The summed E-state index contributed by atoms with van der Waals surface area (Å²) < 4.78 is 22.6. The van der Waals surface area contributed by atoms with Crippen LogP contribution in [-0.2, 0) is 6.54 Å². The van der Waals surface area contributed by atoms with E-state index in [0.29, 0.717) is 46.0 Å². The average molecular weight is 431 g/mol. The van der Waals surface area contributed by atoms with Gasteiger partial charge in [0, 0.05) is 0 Å². The van der Waals surface area contributed by atoms with Crippen LogP contribution in [0.25, 0.3) is 11.0 Å². The molecule has 0 radical (unpaired) electrons. The van der Waals surface area contributed by atoms with Crippen LogP contribution in [0.4, 0.5) is 0 Å². The molecule has 0 saturated carbocycles. The lowest BCUT2D eigenvalue weighted by Crippen LogP contribution is -2.29. The molecule has 0 bridgehead atoms. The molecule has 1 atom stereocenters. The van der Waals surface area contributed by atoms with Gasteiger partial charge in [0.15, 0.2) is 16.9 Å². The van der Waals surface area contributed by atoms with E-state index >= 15 is 0 Å². The molecule has 2 aromatic carbocycles. The molecule has 0 N–H and O–H groups in total. The number of fused-ring (bicyclic) bond motifs is 2. The van der Waals surface area contributed by atoms with Gasteiger partial charge in [0.2, 0.25) is 5.76 Å². The maximum Gasteiger partial charge on any atom is 0.291 e. The van der Waals surface area contributed by atoms with Crippen molar-refractivity contribution in [2.24, 2.45) is 0 Å². The zero-order chi connectivity index (χ0) is 22.2. The number of methoxy groups -OCH3 is 1. The van der Waals surface area contributed by atoms with Crippen molar-refractivity contribution in [2.45, 2.75) is 19.5 Å². The van der Waals surface area contributed by atoms with Gasteiger partial charge in [-0.15, -0.1) is 0 Å². The zero-order valence-corrected chi connectivity index (χ0v) is 17.7.